The van der Waals surface area contributed by atoms with Gasteiger partial charge in [0, 0.05) is 26.6 Å². The second-order valence-electron chi connectivity index (χ2n) is 7.92. The van der Waals surface area contributed by atoms with Gasteiger partial charge in [-0.2, -0.15) is 5.26 Å². The van der Waals surface area contributed by atoms with E-state index in [-0.39, 0.29) is 5.91 Å². The molecule has 3 aromatic rings. The minimum absolute atomic E-state index is 0.290. The highest BCUT2D eigenvalue weighted by molar-refractivity contribution is 5.85. The van der Waals surface area contributed by atoms with Crippen LogP contribution in [0.3, 0.4) is 0 Å². The Morgan fingerprint density at radius 1 is 1.29 bits per heavy atom. The zero-order chi connectivity index (χ0) is 22.0. The van der Waals surface area contributed by atoms with Gasteiger partial charge in [0.15, 0.2) is 11.2 Å². The maximum absolute atomic E-state index is 12.6. The molecule has 0 unspecified atom stereocenters. The number of oxazole rings is 1. The number of amides is 1. The van der Waals surface area contributed by atoms with Gasteiger partial charge in [0.2, 0.25) is 0 Å². The Bertz CT molecular complexity index is 1200. The third-order valence-electron chi connectivity index (χ3n) is 5.62. The molecule has 1 saturated heterocycles. The fourth-order valence-corrected chi connectivity index (χ4v) is 3.69. The molecule has 2 atom stereocenters. The van der Waals surface area contributed by atoms with Gasteiger partial charge >= 0.3 is 5.76 Å². The van der Waals surface area contributed by atoms with Crippen LogP contribution in [0.4, 0.5) is 0 Å². The van der Waals surface area contributed by atoms with Gasteiger partial charge in [-0.25, -0.2) is 4.79 Å². The first-order valence-electron chi connectivity index (χ1n) is 10.1. The number of carbonyl (C=O) groups is 1. The summed E-state index contributed by atoms with van der Waals surface area (Å²) in [5.74, 6) is -0.683. The maximum atomic E-state index is 12.6. The summed E-state index contributed by atoms with van der Waals surface area (Å²) in [6.45, 7) is 3.31. The van der Waals surface area contributed by atoms with Crippen LogP contribution in [0.15, 0.2) is 51.7 Å². The van der Waals surface area contributed by atoms with E-state index in [9.17, 15) is 14.9 Å². The van der Waals surface area contributed by atoms with Gasteiger partial charge in [0.25, 0.3) is 5.91 Å². The molecule has 0 bridgehead atoms. The Morgan fingerprint density at radius 3 is 2.71 bits per heavy atom. The van der Waals surface area contributed by atoms with Crippen molar-refractivity contribution in [3.05, 3.63) is 58.6 Å². The highest BCUT2D eigenvalue weighted by Gasteiger charge is 2.37. The lowest BCUT2D eigenvalue weighted by Gasteiger charge is -2.33. The van der Waals surface area contributed by atoms with Crippen molar-refractivity contribution in [3.63, 3.8) is 0 Å². The Labute approximate surface area is 179 Å². The number of nitrogens with one attached hydrogen (secondary N) is 2. The number of rotatable bonds is 5. The number of aryl methyl sites for hydroxylation is 1. The van der Waals surface area contributed by atoms with Crippen LogP contribution in [0.25, 0.3) is 22.2 Å². The van der Waals surface area contributed by atoms with E-state index in [4.69, 9.17) is 9.15 Å². The number of hydrogen-bond acceptors (Lipinski definition) is 6. The lowest BCUT2D eigenvalue weighted by atomic mass is 9.99. The van der Waals surface area contributed by atoms with Crippen molar-refractivity contribution in [3.8, 4) is 17.2 Å². The van der Waals surface area contributed by atoms with Gasteiger partial charge in [-0.1, -0.05) is 30.3 Å². The van der Waals surface area contributed by atoms with Crippen molar-refractivity contribution in [1.82, 2.24) is 15.2 Å². The van der Waals surface area contributed by atoms with E-state index >= 15 is 0 Å². The quantitative estimate of drug-likeness (QED) is 0.651. The first kappa shape index (κ1) is 20.8. The number of benzene rings is 2. The van der Waals surface area contributed by atoms with Gasteiger partial charge in [-0.05, 0) is 35.7 Å². The van der Waals surface area contributed by atoms with E-state index in [2.05, 4.69) is 16.7 Å². The number of nitriles is 1. The smallest absolute Gasteiger partial charge is 0.408 e. The van der Waals surface area contributed by atoms with Crippen molar-refractivity contribution in [2.45, 2.75) is 25.0 Å². The largest absolute Gasteiger partial charge is 0.419 e. The molecular weight excluding hydrogens is 396 g/mol. The lowest BCUT2D eigenvalue weighted by Crippen LogP contribution is -2.58. The Balaban J connectivity index is 1.46. The SMILES string of the molecule is Cn1c(=O)oc2ccc(-c3ccc(C[C@@H](C#N)NC(=O)[C@@]4(C)CNCCO4)cc3)cc21. The van der Waals surface area contributed by atoms with Crippen LogP contribution in [-0.2, 0) is 23.0 Å². The van der Waals surface area contributed by atoms with Crippen LogP contribution < -0.4 is 16.4 Å². The third-order valence-corrected chi connectivity index (χ3v) is 5.62. The molecule has 8 heteroatoms. The molecule has 31 heavy (non-hydrogen) atoms. The normalized spacial score (nSPS) is 19.6. The second kappa shape index (κ2) is 8.38. The molecule has 0 aliphatic carbocycles. The molecule has 0 spiro atoms. The number of carbonyl (C=O) groups excluding carboxylic acids is 1. The van der Waals surface area contributed by atoms with Gasteiger partial charge in [-0.15, -0.1) is 0 Å². The van der Waals surface area contributed by atoms with E-state index in [1.54, 1.807) is 20.0 Å². The topological polar surface area (TPSA) is 109 Å². The van der Waals surface area contributed by atoms with Gasteiger partial charge in [0.1, 0.15) is 6.04 Å². The highest BCUT2D eigenvalue weighted by Crippen LogP contribution is 2.24. The molecule has 0 radical (unpaired) electrons. The van der Waals surface area contributed by atoms with Gasteiger partial charge in [-0.3, -0.25) is 9.36 Å². The Morgan fingerprint density at radius 2 is 2.03 bits per heavy atom. The number of morpholine rings is 1. The summed E-state index contributed by atoms with van der Waals surface area (Å²) < 4.78 is 12.3. The van der Waals surface area contributed by atoms with E-state index in [0.717, 1.165) is 22.2 Å². The van der Waals surface area contributed by atoms with Crippen LogP contribution in [0.2, 0.25) is 0 Å². The number of fused-ring (bicyclic) bond motifs is 1. The summed E-state index contributed by atoms with van der Waals surface area (Å²) in [6.07, 6.45) is 0.390. The Kier molecular flexibility index (Phi) is 5.63. The summed E-state index contributed by atoms with van der Waals surface area (Å²) in [5, 5.41) is 15.5. The molecule has 1 amide bonds. The molecule has 160 valence electrons. The molecule has 2 heterocycles. The van der Waals surface area contributed by atoms with Crippen molar-refractivity contribution < 1.29 is 13.9 Å². The van der Waals surface area contributed by atoms with Crippen molar-refractivity contribution in [1.29, 1.82) is 5.26 Å². The molecule has 4 rings (SSSR count). The van der Waals surface area contributed by atoms with Gasteiger partial charge in [0.05, 0.1) is 18.2 Å². The molecule has 1 aliphatic heterocycles. The highest BCUT2D eigenvalue weighted by atomic mass is 16.5. The molecule has 1 aromatic heterocycles. The van der Waals surface area contributed by atoms with Crippen molar-refractivity contribution in [2.24, 2.45) is 7.05 Å². The maximum Gasteiger partial charge on any atom is 0.419 e. The summed E-state index contributed by atoms with van der Waals surface area (Å²) in [4.78, 5) is 24.3. The molecule has 1 fully saturated rings. The van der Waals surface area contributed by atoms with Crippen LogP contribution in [0.1, 0.15) is 12.5 Å². The van der Waals surface area contributed by atoms with Crippen LogP contribution in [-0.4, -0.2) is 41.8 Å². The molecule has 8 nitrogen and oxygen atoms in total. The number of nitrogens with zero attached hydrogens (tertiary/aromatic N) is 2. The lowest BCUT2D eigenvalue weighted by molar-refractivity contribution is -0.148. The standard InChI is InChI=1S/C23H24N4O4/c1-23(14-25-9-10-30-23)21(28)26-18(13-24)11-15-3-5-16(6-4-15)17-7-8-20-19(12-17)27(2)22(29)31-20/h3-8,12,18,25H,9-11,14H2,1-2H3,(H,26,28)/t18-,23+/m0/s1. The van der Waals surface area contributed by atoms with E-state index in [1.807, 2.05) is 36.4 Å². The van der Waals surface area contributed by atoms with E-state index in [0.29, 0.717) is 31.7 Å². The second-order valence-corrected chi connectivity index (χ2v) is 7.92. The van der Waals surface area contributed by atoms with Crippen LogP contribution in [0, 0.1) is 11.3 Å². The molecule has 0 saturated carbocycles. The zero-order valence-corrected chi connectivity index (χ0v) is 17.5. The number of hydrogen-bond donors (Lipinski definition) is 2. The fourth-order valence-electron chi connectivity index (χ4n) is 3.69. The fraction of sp³-hybridized carbons (Fsp3) is 0.348. The average molecular weight is 420 g/mol. The molecule has 1 aliphatic rings. The van der Waals surface area contributed by atoms with Gasteiger partial charge < -0.3 is 19.8 Å². The van der Waals surface area contributed by atoms with Crippen LogP contribution in [0.5, 0.6) is 0 Å². The van der Waals surface area contributed by atoms with Crippen molar-refractivity contribution >= 4 is 17.0 Å². The monoisotopic (exact) mass is 420 g/mol. The summed E-state index contributed by atoms with van der Waals surface area (Å²) in [5.41, 5.74) is 3.17. The predicted molar refractivity (Wildman–Crippen MR) is 115 cm³/mol. The first-order valence-corrected chi connectivity index (χ1v) is 10.1. The summed E-state index contributed by atoms with van der Waals surface area (Å²) in [6, 6.07) is 14.9. The Hall–Kier alpha value is -3.41. The number of aromatic nitrogens is 1. The molecular formula is C23H24N4O4. The molecule has 2 aromatic carbocycles. The summed E-state index contributed by atoms with van der Waals surface area (Å²) >= 11 is 0. The van der Waals surface area contributed by atoms with Crippen molar-refractivity contribution in [2.75, 3.05) is 19.7 Å². The minimum atomic E-state index is -0.969. The first-order chi connectivity index (χ1) is 14.9. The zero-order valence-electron chi connectivity index (χ0n) is 17.5. The number of ether oxygens (including phenoxy) is 1. The predicted octanol–water partition coefficient (Wildman–Crippen LogP) is 1.73. The van der Waals surface area contributed by atoms with Crippen LogP contribution >= 0.6 is 0 Å². The van der Waals surface area contributed by atoms with E-state index < -0.39 is 17.4 Å². The minimum Gasteiger partial charge on any atom is -0.408 e. The molecule has 2 N–H and O–H groups in total. The summed E-state index contributed by atoms with van der Waals surface area (Å²) in [7, 11) is 1.67. The average Bonchev–Trinajstić information content (AvgIpc) is 3.07. The van der Waals surface area contributed by atoms with E-state index in [1.165, 1.54) is 4.57 Å². The third kappa shape index (κ3) is 4.24.